The molecule has 1 aliphatic heterocycles. The van der Waals surface area contributed by atoms with Crippen LogP contribution in [0.25, 0.3) is 11.3 Å². The van der Waals surface area contributed by atoms with Gasteiger partial charge in [-0.1, -0.05) is 71.9 Å². The van der Waals surface area contributed by atoms with Gasteiger partial charge in [0.1, 0.15) is 0 Å². The molecule has 0 N–H and O–H groups in total. The lowest BCUT2D eigenvalue weighted by Gasteiger charge is -2.30. The van der Waals surface area contributed by atoms with Gasteiger partial charge in [-0.3, -0.25) is 9.69 Å². The zero-order valence-electron chi connectivity index (χ0n) is 16.0. The molecule has 0 unspecified atom stereocenters. The number of aromatic nitrogens is 3. The molecule has 0 radical (unpaired) electrons. The standard InChI is InChI=1S/C21H19BrN4O2S/c1-3-17(27)26-16-8-6-5-7-15(16)18-19(23-21(25-24-18)29-4-2)28-20(26)13-9-11-14(22)12-10-13/h5-12,20H,3-4H2,1-2H3/t20-/m0/s1. The Balaban J connectivity index is 1.94. The Morgan fingerprint density at radius 3 is 2.62 bits per heavy atom. The second-order valence-electron chi connectivity index (χ2n) is 6.34. The summed E-state index contributed by atoms with van der Waals surface area (Å²) in [5.41, 5.74) is 2.89. The van der Waals surface area contributed by atoms with E-state index in [0.29, 0.717) is 23.2 Å². The number of rotatable bonds is 4. The second-order valence-corrected chi connectivity index (χ2v) is 8.48. The number of ether oxygens (including phenoxy) is 1. The Morgan fingerprint density at radius 1 is 1.14 bits per heavy atom. The topological polar surface area (TPSA) is 68.2 Å². The molecule has 148 valence electrons. The van der Waals surface area contributed by atoms with Crippen LogP contribution in [0.3, 0.4) is 0 Å². The van der Waals surface area contributed by atoms with E-state index in [0.717, 1.165) is 27.0 Å². The van der Waals surface area contributed by atoms with Gasteiger partial charge in [-0.15, -0.1) is 10.2 Å². The van der Waals surface area contributed by atoms with Gasteiger partial charge in [-0.05, 0) is 24.0 Å². The van der Waals surface area contributed by atoms with Gasteiger partial charge in [0.2, 0.25) is 23.2 Å². The van der Waals surface area contributed by atoms with Crippen LogP contribution in [0.4, 0.5) is 5.69 Å². The molecule has 0 saturated heterocycles. The van der Waals surface area contributed by atoms with Crippen molar-refractivity contribution in [2.45, 2.75) is 31.7 Å². The zero-order chi connectivity index (χ0) is 20.4. The minimum absolute atomic E-state index is 0.0470. The van der Waals surface area contributed by atoms with Crippen molar-refractivity contribution < 1.29 is 9.53 Å². The Bertz CT molecular complexity index is 1050. The second kappa shape index (κ2) is 8.51. The lowest BCUT2D eigenvalue weighted by atomic mass is 10.1. The molecular formula is C21H19BrN4O2S. The van der Waals surface area contributed by atoms with Crippen molar-refractivity contribution in [3.05, 3.63) is 58.6 Å². The monoisotopic (exact) mass is 470 g/mol. The molecule has 0 bridgehead atoms. The van der Waals surface area contributed by atoms with E-state index in [4.69, 9.17) is 4.74 Å². The van der Waals surface area contributed by atoms with Crippen LogP contribution in [0.2, 0.25) is 0 Å². The highest BCUT2D eigenvalue weighted by Crippen LogP contribution is 2.43. The predicted octanol–water partition coefficient (Wildman–Crippen LogP) is 5.25. The number of anilines is 1. The van der Waals surface area contributed by atoms with Crippen molar-refractivity contribution in [3.63, 3.8) is 0 Å². The Kier molecular flexibility index (Phi) is 5.82. The van der Waals surface area contributed by atoms with Crippen LogP contribution in [0.5, 0.6) is 5.88 Å². The maximum absolute atomic E-state index is 13.0. The smallest absolute Gasteiger partial charge is 0.247 e. The SMILES string of the molecule is CCSc1nnc2c(n1)O[C@@H](c1ccc(Br)cc1)N(C(=O)CC)c1ccccc1-2. The fourth-order valence-corrected chi connectivity index (χ4v) is 3.96. The fourth-order valence-electron chi connectivity index (χ4n) is 3.19. The average Bonchev–Trinajstić information content (AvgIpc) is 2.88. The van der Waals surface area contributed by atoms with E-state index in [2.05, 4.69) is 31.1 Å². The average molecular weight is 471 g/mol. The van der Waals surface area contributed by atoms with Crippen LogP contribution in [-0.4, -0.2) is 26.8 Å². The highest BCUT2D eigenvalue weighted by atomic mass is 79.9. The summed E-state index contributed by atoms with van der Waals surface area (Å²) < 4.78 is 7.30. The first-order chi connectivity index (χ1) is 14.1. The number of para-hydroxylation sites is 1. The summed E-state index contributed by atoms with van der Waals surface area (Å²) in [6, 6.07) is 15.4. The maximum atomic E-state index is 13.0. The van der Waals surface area contributed by atoms with Gasteiger partial charge in [0.25, 0.3) is 0 Å². The molecule has 0 spiro atoms. The molecule has 1 amide bonds. The van der Waals surface area contributed by atoms with Gasteiger partial charge in [0.05, 0.1) is 5.69 Å². The van der Waals surface area contributed by atoms with E-state index in [1.54, 1.807) is 4.90 Å². The van der Waals surface area contributed by atoms with Gasteiger partial charge < -0.3 is 4.74 Å². The van der Waals surface area contributed by atoms with E-state index < -0.39 is 6.23 Å². The van der Waals surface area contributed by atoms with Gasteiger partial charge in [-0.25, -0.2) is 0 Å². The minimum atomic E-state index is -0.658. The lowest BCUT2D eigenvalue weighted by Crippen LogP contribution is -2.37. The highest BCUT2D eigenvalue weighted by Gasteiger charge is 2.35. The molecule has 2 aromatic carbocycles. The number of fused-ring (bicyclic) bond motifs is 3. The van der Waals surface area contributed by atoms with E-state index >= 15 is 0 Å². The summed E-state index contributed by atoms with van der Waals surface area (Å²) in [5, 5.41) is 9.18. The Hall–Kier alpha value is -2.45. The number of amides is 1. The van der Waals surface area contributed by atoms with Gasteiger partial charge in [0.15, 0.2) is 5.69 Å². The summed E-state index contributed by atoms with van der Waals surface area (Å²) in [4.78, 5) is 19.3. The molecule has 1 aliphatic rings. The van der Waals surface area contributed by atoms with E-state index in [1.807, 2.05) is 62.4 Å². The first-order valence-electron chi connectivity index (χ1n) is 9.33. The first-order valence-corrected chi connectivity index (χ1v) is 11.1. The van der Waals surface area contributed by atoms with Crippen LogP contribution >= 0.6 is 27.7 Å². The largest absolute Gasteiger partial charge is 0.447 e. The van der Waals surface area contributed by atoms with E-state index in [9.17, 15) is 4.79 Å². The van der Waals surface area contributed by atoms with E-state index in [-0.39, 0.29) is 5.91 Å². The zero-order valence-corrected chi connectivity index (χ0v) is 18.4. The van der Waals surface area contributed by atoms with Crippen molar-refractivity contribution in [1.82, 2.24) is 15.2 Å². The number of hydrogen-bond donors (Lipinski definition) is 0. The fraction of sp³-hybridized carbons (Fsp3) is 0.238. The van der Waals surface area contributed by atoms with E-state index in [1.165, 1.54) is 11.8 Å². The van der Waals surface area contributed by atoms with Crippen molar-refractivity contribution in [1.29, 1.82) is 0 Å². The number of nitrogens with zero attached hydrogens (tertiary/aromatic N) is 4. The normalized spacial score (nSPS) is 15.1. The predicted molar refractivity (Wildman–Crippen MR) is 117 cm³/mol. The summed E-state index contributed by atoms with van der Waals surface area (Å²) >= 11 is 4.96. The summed E-state index contributed by atoms with van der Waals surface area (Å²) in [5.74, 6) is 1.16. The molecule has 1 aromatic heterocycles. The third-order valence-electron chi connectivity index (χ3n) is 4.51. The molecule has 0 aliphatic carbocycles. The molecule has 29 heavy (non-hydrogen) atoms. The van der Waals surface area contributed by atoms with Crippen LogP contribution in [0.15, 0.2) is 58.2 Å². The third kappa shape index (κ3) is 3.86. The first kappa shape index (κ1) is 19.8. The number of hydrogen-bond acceptors (Lipinski definition) is 6. The molecule has 6 nitrogen and oxygen atoms in total. The molecule has 8 heteroatoms. The van der Waals surface area contributed by atoms with Gasteiger partial charge in [-0.2, -0.15) is 4.98 Å². The maximum Gasteiger partial charge on any atom is 0.247 e. The lowest BCUT2D eigenvalue weighted by molar-refractivity contribution is -0.120. The van der Waals surface area contributed by atoms with Crippen molar-refractivity contribution in [3.8, 4) is 17.1 Å². The quantitative estimate of drug-likeness (QED) is 0.485. The highest BCUT2D eigenvalue weighted by molar-refractivity contribution is 9.10. The molecule has 1 atom stereocenters. The van der Waals surface area contributed by atoms with Crippen LogP contribution in [0, 0.1) is 0 Å². The number of carbonyl (C=O) groups excluding carboxylic acids is 1. The van der Waals surface area contributed by atoms with Crippen molar-refractivity contribution >= 4 is 39.3 Å². The molecule has 0 saturated carbocycles. The van der Waals surface area contributed by atoms with Gasteiger partial charge >= 0.3 is 0 Å². The summed E-state index contributed by atoms with van der Waals surface area (Å²) in [6.07, 6.45) is -0.314. The Morgan fingerprint density at radius 2 is 1.90 bits per heavy atom. The molecular weight excluding hydrogens is 452 g/mol. The van der Waals surface area contributed by atoms with Crippen LogP contribution in [-0.2, 0) is 4.79 Å². The molecule has 3 aromatic rings. The number of thioether (sulfide) groups is 1. The van der Waals surface area contributed by atoms with Crippen LogP contribution < -0.4 is 9.64 Å². The summed E-state index contributed by atoms with van der Waals surface area (Å²) in [6.45, 7) is 3.87. The minimum Gasteiger partial charge on any atom is -0.447 e. The van der Waals surface area contributed by atoms with Crippen molar-refractivity contribution in [2.75, 3.05) is 10.7 Å². The van der Waals surface area contributed by atoms with Crippen LogP contribution in [0.1, 0.15) is 32.1 Å². The van der Waals surface area contributed by atoms with Gasteiger partial charge in [0, 0.05) is 22.0 Å². The number of benzene rings is 2. The molecule has 2 heterocycles. The number of halogens is 1. The third-order valence-corrected chi connectivity index (χ3v) is 5.76. The van der Waals surface area contributed by atoms with Crippen molar-refractivity contribution in [2.24, 2.45) is 0 Å². The Labute approximate surface area is 181 Å². The number of carbonyl (C=O) groups is 1. The molecule has 0 fully saturated rings. The summed E-state index contributed by atoms with van der Waals surface area (Å²) in [7, 11) is 0. The molecule has 4 rings (SSSR count).